The fourth-order valence-corrected chi connectivity index (χ4v) is 2.94. The monoisotopic (exact) mass is 282 g/mol. The molecule has 1 aromatic carbocycles. The van der Waals surface area contributed by atoms with Crippen molar-refractivity contribution in [2.75, 3.05) is 0 Å². The molecule has 0 aromatic heterocycles. The van der Waals surface area contributed by atoms with Gasteiger partial charge in [0, 0.05) is 5.02 Å². The Morgan fingerprint density at radius 1 is 1.47 bits per heavy atom. The van der Waals surface area contributed by atoms with E-state index in [-0.39, 0.29) is 12.0 Å². The summed E-state index contributed by atoms with van der Waals surface area (Å²) in [6, 6.07) is 5.44. The molecule has 0 radical (unpaired) electrons. The summed E-state index contributed by atoms with van der Waals surface area (Å²) in [5, 5.41) is 19.4. The zero-order valence-corrected chi connectivity index (χ0v) is 11.7. The molecular weight excluding hydrogens is 264 g/mol. The second-order valence-corrected chi connectivity index (χ2v) is 5.78. The lowest BCUT2D eigenvalue weighted by Gasteiger charge is -2.16. The topological polar surface area (TPSA) is 57.5 Å². The van der Waals surface area contributed by atoms with Gasteiger partial charge in [-0.25, -0.2) is 0 Å². The Hall–Kier alpha value is -1.06. The molecule has 1 saturated carbocycles. The van der Waals surface area contributed by atoms with Crippen LogP contribution in [0.15, 0.2) is 18.2 Å². The van der Waals surface area contributed by atoms with E-state index in [2.05, 4.69) is 0 Å². The van der Waals surface area contributed by atoms with E-state index in [0.717, 1.165) is 31.2 Å². The molecule has 0 saturated heterocycles. The molecule has 3 atom stereocenters. The molecule has 1 fully saturated rings. The molecule has 0 bridgehead atoms. The van der Waals surface area contributed by atoms with E-state index in [4.69, 9.17) is 16.7 Å². The third-order valence-electron chi connectivity index (χ3n) is 4.05. The first-order valence-corrected chi connectivity index (χ1v) is 7.06. The van der Waals surface area contributed by atoms with Crippen LogP contribution in [0.2, 0.25) is 5.02 Å². The third-order valence-corrected chi connectivity index (χ3v) is 4.40. The number of aliphatic carboxylic acids is 1. The van der Waals surface area contributed by atoms with Crippen molar-refractivity contribution in [1.82, 2.24) is 0 Å². The van der Waals surface area contributed by atoms with Gasteiger partial charge < -0.3 is 10.2 Å². The normalized spacial score (nSPS) is 24.4. The van der Waals surface area contributed by atoms with E-state index < -0.39 is 11.9 Å². The summed E-state index contributed by atoms with van der Waals surface area (Å²) in [6.45, 7) is 1.65. The Balaban J connectivity index is 2.13. The number of halogens is 1. The molecule has 1 unspecified atom stereocenters. The van der Waals surface area contributed by atoms with Crippen LogP contribution in [0.25, 0.3) is 0 Å². The SMILES string of the molecule is CC(C(=O)O)c1ccc(C[C@@H]2CCC[C@H]2O)c(Cl)c1. The van der Waals surface area contributed by atoms with Crippen LogP contribution in [0.1, 0.15) is 43.2 Å². The van der Waals surface area contributed by atoms with E-state index in [1.165, 1.54) is 0 Å². The lowest BCUT2D eigenvalue weighted by molar-refractivity contribution is -0.138. The molecule has 1 aromatic rings. The van der Waals surface area contributed by atoms with Gasteiger partial charge in [-0.3, -0.25) is 4.79 Å². The van der Waals surface area contributed by atoms with Crippen LogP contribution in [0.5, 0.6) is 0 Å². The minimum absolute atomic E-state index is 0.228. The van der Waals surface area contributed by atoms with Crippen LogP contribution < -0.4 is 0 Å². The van der Waals surface area contributed by atoms with Crippen LogP contribution in [0.3, 0.4) is 0 Å². The quantitative estimate of drug-likeness (QED) is 0.891. The lowest BCUT2D eigenvalue weighted by Crippen LogP contribution is -2.16. The van der Waals surface area contributed by atoms with Crippen molar-refractivity contribution in [3.8, 4) is 0 Å². The highest BCUT2D eigenvalue weighted by Crippen LogP contribution is 2.32. The number of carboxylic acids is 1. The molecule has 1 aliphatic rings. The summed E-state index contributed by atoms with van der Waals surface area (Å²) in [7, 11) is 0. The van der Waals surface area contributed by atoms with E-state index in [1.54, 1.807) is 13.0 Å². The van der Waals surface area contributed by atoms with Crippen molar-refractivity contribution >= 4 is 17.6 Å². The third kappa shape index (κ3) is 3.28. The number of aliphatic hydroxyl groups excluding tert-OH is 1. The number of carboxylic acid groups (broad SMARTS) is 1. The first kappa shape index (κ1) is 14.4. The van der Waals surface area contributed by atoms with Crippen molar-refractivity contribution < 1.29 is 15.0 Å². The molecule has 2 N–H and O–H groups in total. The molecule has 0 heterocycles. The van der Waals surface area contributed by atoms with Crippen molar-refractivity contribution in [3.05, 3.63) is 34.3 Å². The van der Waals surface area contributed by atoms with Crippen LogP contribution in [-0.2, 0) is 11.2 Å². The summed E-state index contributed by atoms with van der Waals surface area (Å²) < 4.78 is 0. The largest absolute Gasteiger partial charge is 0.481 e. The first-order chi connectivity index (χ1) is 8.99. The minimum Gasteiger partial charge on any atom is -0.481 e. The summed E-state index contributed by atoms with van der Waals surface area (Å²) >= 11 is 6.23. The number of benzene rings is 1. The van der Waals surface area contributed by atoms with Crippen molar-refractivity contribution in [2.45, 2.75) is 44.6 Å². The predicted molar refractivity (Wildman–Crippen MR) is 74.6 cm³/mol. The van der Waals surface area contributed by atoms with Gasteiger partial charge in [0.2, 0.25) is 0 Å². The molecule has 2 rings (SSSR count). The lowest BCUT2D eigenvalue weighted by atomic mass is 9.93. The standard InChI is InChI=1S/C15H19ClO3/c1-9(15(18)19)10-5-6-11(13(16)8-10)7-12-3-2-4-14(12)17/h5-6,8-9,12,14,17H,2-4,7H2,1H3,(H,18,19)/t9?,12-,14+/m0/s1. The Labute approximate surface area is 118 Å². The van der Waals surface area contributed by atoms with Crippen molar-refractivity contribution in [2.24, 2.45) is 5.92 Å². The second-order valence-electron chi connectivity index (χ2n) is 5.37. The van der Waals surface area contributed by atoms with Crippen LogP contribution in [0.4, 0.5) is 0 Å². The van der Waals surface area contributed by atoms with Crippen LogP contribution in [0, 0.1) is 5.92 Å². The van der Waals surface area contributed by atoms with Gasteiger partial charge >= 0.3 is 5.97 Å². The van der Waals surface area contributed by atoms with E-state index in [0.29, 0.717) is 10.6 Å². The van der Waals surface area contributed by atoms with Gasteiger partial charge in [0.15, 0.2) is 0 Å². The number of hydrogen-bond donors (Lipinski definition) is 2. The molecule has 0 aliphatic heterocycles. The fourth-order valence-electron chi connectivity index (χ4n) is 2.68. The summed E-state index contributed by atoms with van der Waals surface area (Å²) in [5.41, 5.74) is 1.71. The second kappa shape index (κ2) is 5.93. The highest BCUT2D eigenvalue weighted by molar-refractivity contribution is 6.31. The zero-order valence-electron chi connectivity index (χ0n) is 11.0. The van der Waals surface area contributed by atoms with Crippen molar-refractivity contribution in [3.63, 3.8) is 0 Å². The van der Waals surface area contributed by atoms with Crippen molar-refractivity contribution in [1.29, 1.82) is 0 Å². The maximum absolute atomic E-state index is 10.9. The molecule has 4 heteroatoms. The average Bonchev–Trinajstić information content (AvgIpc) is 2.76. The molecule has 0 spiro atoms. The molecular formula is C15H19ClO3. The Kier molecular flexibility index (Phi) is 4.48. The number of carbonyl (C=O) groups is 1. The van der Waals surface area contributed by atoms with Gasteiger partial charge in [0.1, 0.15) is 0 Å². The zero-order chi connectivity index (χ0) is 14.0. The molecule has 3 nitrogen and oxygen atoms in total. The molecule has 19 heavy (non-hydrogen) atoms. The maximum atomic E-state index is 10.9. The number of rotatable bonds is 4. The van der Waals surface area contributed by atoms with Gasteiger partial charge in [-0.2, -0.15) is 0 Å². The van der Waals surface area contributed by atoms with Crippen LogP contribution >= 0.6 is 11.6 Å². The Morgan fingerprint density at radius 2 is 2.21 bits per heavy atom. The molecule has 104 valence electrons. The van der Waals surface area contributed by atoms with E-state index in [9.17, 15) is 9.90 Å². The smallest absolute Gasteiger partial charge is 0.310 e. The minimum atomic E-state index is -0.852. The maximum Gasteiger partial charge on any atom is 0.310 e. The molecule has 0 amide bonds. The number of aliphatic hydroxyl groups is 1. The van der Waals surface area contributed by atoms with E-state index in [1.807, 2.05) is 12.1 Å². The highest BCUT2D eigenvalue weighted by atomic mass is 35.5. The number of hydrogen-bond acceptors (Lipinski definition) is 2. The van der Waals surface area contributed by atoms with Gasteiger partial charge in [0.25, 0.3) is 0 Å². The van der Waals surface area contributed by atoms with E-state index >= 15 is 0 Å². The van der Waals surface area contributed by atoms with Gasteiger partial charge in [0.05, 0.1) is 12.0 Å². The average molecular weight is 283 g/mol. The summed E-state index contributed by atoms with van der Waals surface area (Å²) in [4.78, 5) is 10.9. The first-order valence-electron chi connectivity index (χ1n) is 6.68. The highest BCUT2D eigenvalue weighted by Gasteiger charge is 2.26. The van der Waals surface area contributed by atoms with Gasteiger partial charge in [-0.05, 0) is 49.3 Å². The van der Waals surface area contributed by atoms with Crippen LogP contribution in [-0.4, -0.2) is 22.3 Å². The fraction of sp³-hybridized carbons (Fsp3) is 0.533. The van der Waals surface area contributed by atoms with Gasteiger partial charge in [-0.1, -0.05) is 30.2 Å². The molecule has 1 aliphatic carbocycles. The summed E-state index contributed by atoms with van der Waals surface area (Å²) in [5.74, 6) is -1.13. The predicted octanol–water partition coefficient (Wildman–Crippen LogP) is 3.23. The Morgan fingerprint density at radius 3 is 2.74 bits per heavy atom. The van der Waals surface area contributed by atoms with Gasteiger partial charge in [-0.15, -0.1) is 0 Å². The Bertz CT molecular complexity index is 472. The summed E-state index contributed by atoms with van der Waals surface area (Å²) in [6.07, 6.45) is 3.51.